The van der Waals surface area contributed by atoms with Gasteiger partial charge in [0.05, 0.1) is 17.1 Å². The van der Waals surface area contributed by atoms with E-state index in [4.69, 9.17) is 9.97 Å². The minimum absolute atomic E-state index is 0.434. The number of para-hydroxylation sites is 2. The van der Waals surface area contributed by atoms with Gasteiger partial charge in [-0.3, -0.25) is 0 Å². The molecular weight excluding hydrogens is 268 g/mol. The molecular formula is C15H16N4S. The first-order chi connectivity index (χ1) is 9.83. The quantitative estimate of drug-likeness (QED) is 0.786. The number of hydrogen-bond donors (Lipinski definition) is 1. The predicted molar refractivity (Wildman–Crippen MR) is 81.8 cm³/mol. The molecule has 20 heavy (non-hydrogen) atoms. The van der Waals surface area contributed by atoms with Crippen molar-refractivity contribution in [1.82, 2.24) is 19.9 Å². The highest BCUT2D eigenvalue weighted by Crippen LogP contribution is 2.30. The van der Waals surface area contributed by atoms with Crippen molar-refractivity contribution >= 4 is 22.4 Å². The van der Waals surface area contributed by atoms with Crippen molar-refractivity contribution in [3.8, 4) is 11.5 Å². The monoisotopic (exact) mass is 284 g/mol. The van der Waals surface area contributed by atoms with Crippen LogP contribution < -0.4 is 5.32 Å². The van der Waals surface area contributed by atoms with Gasteiger partial charge in [-0.2, -0.15) is 0 Å². The van der Waals surface area contributed by atoms with Gasteiger partial charge in [0.1, 0.15) is 10.7 Å². The second kappa shape index (κ2) is 4.68. The predicted octanol–water partition coefficient (Wildman–Crippen LogP) is 3.12. The average molecular weight is 284 g/mol. The molecule has 5 heteroatoms. The highest BCUT2D eigenvalue weighted by molar-refractivity contribution is 7.10. The Morgan fingerprint density at radius 1 is 1.30 bits per heavy atom. The van der Waals surface area contributed by atoms with Gasteiger partial charge in [0, 0.05) is 12.4 Å². The molecule has 1 N–H and O–H groups in total. The number of aryl methyl sites for hydroxylation is 1. The van der Waals surface area contributed by atoms with Gasteiger partial charge in [-0.05, 0) is 31.5 Å². The van der Waals surface area contributed by atoms with Crippen LogP contribution in [0.4, 0.5) is 0 Å². The summed E-state index contributed by atoms with van der Waals surface area (Å²) in [4.78, 5) is 9.50. The van der Waals surface area contributed by atoms with Crippen molar-refractivity contribution in [2.45, 2.75) is 18.9 Å². The van der Waals surface area contributed by atoms with Crippen LogP contribution in [-0.2, 0) is 7.05 Å². The zero-order valence-corrected chi connectivity index (χ0v) is 12.2. The molecule has 1 aliphatic rings. The summed E-state index contributed by atoms with van der Waals surface area (Å²) in [6.07, 6.45) is 2.43. The normalized spacial score (nSPS) is 18.9. The summed E-state index contributed by atoms with van der Waals surface area (Å²) in [7, 11) is 2.05. The number of aromatic nitrogens is 3. The topological polar surface area (TPSA) is 42.7 Å². The summed E-state index contributed by atoms with van der Waals surface area (Å²) in [5, 5.41) is 6.81. The molecule has 0 radical (unpaired) electrons. The third-order valence-corrected chi connectivity index (χ3v) is 4.86. The second-order valence-electron chi connectivity index (χ2n) is 5.20. The number of benzene rings is 1. The van der Waals surface area contributed by atoms with Crippen molar-refractivity contribution < 1.29 is 0 Å². The Hall–Kier alpha value is -1.72. The van der Waals surface area contributed by atoms with Crippen molar-refractivity contribution in [2.24, 2.45) is 7.05 Å². The van der Waals surface area contributed by atoms with Crippen LogP contribution in [-0.4, -0.2) is 21.1 Å². The van der Waals surface area contributed by atoms with Crippen LogP contribution in [0.1, 0.15) is 23.9 Å². The van der Waals surface area contributed by atoms with E-state index in [1.54, 1.807) is 11.3 Å². The van der Waals surface area contributed by atoms with Crippen LogP contribution in [0.2, 0.25) is 0 Å². The first-order valence-electron chi connectivity index (χ1n) is 6.93. The van der Waals surface area contributed by atoms with Gasteiger partial charge in [0.2, 0.25) is 0 Å². The van der Waals surface area contributed by atoms with Gasteiger partial charge in [-0.25, -0.2) is 9.97 Å². The van der Waals surface area contributed by atoms with Gasteiger partial charge in [-0.1, -0.05) is 12.1 Å². The summed E-state index contributed by atoms with van der Waals surface area (Å²) in [5.41, 5.74) is 3.16. The minimum atomic E-state index is 0.434. The first-order valence-corrected chi connectivity index (χ1v) is 7.81. The van der Waals surface area contributed by atoms with Crippen LogP contribution in [0.25, 0.3) is 22.6 Å². The van der Waals surface area contributed by atoms with Gasteiger partial charge < -0.3 is 9.88 Å². The standard InChI is InChI=1S/C15H16N4S/c1-19-13-7-3-2-5-10(13)17-14(19)12-9-20-15(18-12)11-6-4-8-16-11/h2-3,5,7,9,11,16H,4,6,8H2,1H3. The van der Waals surface area contributed by atoms with Crippen LogP contribution in [0.15, 0.2) is 29.6 Å². The molecule has 0 aliphatic carbocycles. The molecule has 2 aromatic heterocycles. The average Bonchev–Trinajstić information content (AvgIpc) is 3.17. The Labute approximate surface area is 121 Å². The van der Waals surface area contributed by atoms with Gasteiger partial charge in [0.15, 0.2) is 5.82 Å². The fraction of sp³-hybridized carbons (Fsp3) is 0.333. The molecule has 0 saturated carbocycles. The molecule has 0 spiro atoms. The molecule has 1 saturated heterocycles. The maximum absolute atomic E-state index is 4.79. The highest BCUT2D eigenvalue weighted by atomic mass is 32.1. The summed E-state index contributed by atoms with van der Waals surface area (Å²) < 4.78 is 2.12. The van der Waals surface area contributed by atoms with Crippen molar-refractivity contribution in [1.29, 1.82) is 0 Å². The summed E-state index contributed by atoms with van der Waals surface area (Å²) >= 11 is 1.73. The largest absolute Gasteiger partial charge is 0.326 e. The molecule has 1 aliphatic heterocycles. The summed E-state index contributed by atoms with van der Waals surface area (Å²) in [5.74, 6) is 0.951. The van der Waals surface area contributed by atoms with Crippen LogP contribution in [0.3, 0.4) is 0 Å². The molecule has 4 nitrogen and oxygen atoms in total. The fourth-order valence-corrected chi connectivity index (χ4v) is 3.73. The lowest BCUT2D eigenvalue weighted by atomic mass is 10.2. The Morgan fingerprint density at radius 3 is 3.00 bits per heavy atom. The number of rotatable bonds is 2. The smallest absolute Gasteiger partial charge is 0.160 e. The van der Waals surface area contributed by atoms with Crippen molar-refractivity contribution in [3.05, 3.63) is 34.7 Å². The number of thiazole rings is 1. The third kappa shape index (κ3) is 1.85. The Bertz CT molecular complexity index is 752. The van der Waals surface area contributed by atoms with E-state index in [0.717, 1.165) is 29.1 Å². The number of imidazole rings is 1. The minimum Gasteiger partial charge on any atom is -0.326 e. The molecule has 0 amide bonds. The van der Waals surface area contributed by atoms with E-state index in [1.165, 1.54) is 17.8 Å². The lowest BCUT2D eigenvalue weighted by Gasteiger charge is -2.04. The van der Waals surface area contributed by atoms with E-state index >= 15 is 0 Å². The Morgan fingerprint density at radius 2 is 2.20 bits per heavy atom. The van der Waals surface area contributed by atoms with Crippen molar-refractivity contribution in [3.63, 3.8) is 0 Å². The molecule has 3 aromatic rings. The zero-order valence-electron chi connectivity index (χ0n) is 11.3. The van der Waals surface area contributed by atoms with Crippen molar-refractivity contribution in [2.75, 3.05) is 6.54 Å². The van der Waals surface area contributed by atoms with E-state index in [9.17, 15) is 0 Å². The second-order valence-corrected chi connectivity index (χ2v) is 6.09. The first kappa shape index (κ1) is 12.1. The molecule has 0 bridgehead atoms. The molecule has 1 fully saturated rings. The Kier molecular flexibility index (Phi) is 2.82. The summed E-state index contributed by atoms with van der Waals surface area (Å²) in [6, 6.07) is 8.64. The van der Waals surface area contributed by atoms with E-state index in [2.05, 4.69) is 28.4 Å². The van der Waals surface area contributed by atoms with E-state index in [-0.39, 0.29) is 0 Å². The van der Waals surface area contributed by atoms with Crippen LogP contribution in [0.5, 0.6) is 0 Å². The SMILES string of the molecule is Cn1c(-c2csc(C3CCCN3)n2)nc2ccccc21. The molecule has 1 aromatic carbocycles. The van der Waals surface area contributed by atoms with Gasteiger partial charge in [0.25, 0.3) is 0 Å². The third-order valence-electron chi connectivity index (χ3n) is 3.90. The molecule has 1 atom stereocenters. The molecule has 102 valence electrons. The maximum atomic E-state index is 4.79. The van der Waals surface area contributed by atoms with E-state index in [1.807, 2.05) is 18.2 Å². The number of nitrogens with one attached hydrogen (secondary N) is 1. The van der Waals surface area contributed by atoms with Gasteiger partial charge in [-0.15, -0.1) is 11.3 Å². The molecule has 3 heterocycles. The number of hydrogen-bond acceptors (Lipinski definition) is 4. The van der Waals surface area contributed by atoms with E-state index in [0.29, 0.717) is 6.04 Å². The van der Waals surface area contributed by atoms with Crippen LogP contribution >= 0.6 is 11.3 Å². The fourth-order valence-electron chi connectivity index (χ4n) is 2.82. The molecule has 4 rings (SSSR count). The highest BCUT2D eigenvalue weighted by Gasteiger charge is 2.21. The van der Waals surface area contributed by atoms with E-state index < -0.39 is 0 Å². The maximum Gasteiger partial charge on any atom is 0.160 e. The zero-order chi connectivity index (χ0) is 13.5. The molecule has 1 unspecified atom stereocenters. The van der Waals surface area contributed by atoms with Crippen LogP contribution in [0, 0.1) is 0 Å². The lowest BCUT2D eigenvalue weighted by molar-refractivity contribution is 0.643. The Balaban J connectivity index is 1.77. The lowest BCUT2D eigenvalue weighted by Crippen LogP contribution is -2.12. The van der Waals surface area contributed by atoms with Gasteiger partial charge >= 0.3 is 0 Å². The summed E-state index contributed by atoms with van der Waals surface area (Å²) in [6.45, 7) is 1.10. The number of nitrogens with zero attached hydrogens (tertiary/aromatic N) is 3. The number of fused-ring (bicyclic) bond motifs is 1.